The van der Waals surface area contributed by atoms with Crippen molar-refractivity contribution in [3.63, 3.8) is 0 Å². The van der Waals surface area contributed by atoms with Crippen molar-refractivity contribution in [1.82, 2.24) is 9.97 Å². The molecule has 3 N–H and O–H groups in total. The molecule has 0 saturated carbocycles. The number of carbonyl (C=O) groups excluding carboxylic acids is 1. The van der Waals surface area contributed by atoms with Crippen molar-refractivity contribution in [2.45, 2.75) is 19.4 Å². The van der Waals surface area contributed by atoms with Crippen LogP contribution in [0.1, 0.15) is 44.0 Å². The molecule has 3 heterocycles. The van der Waals surface area contributed by atoms with Crippen LogP contribution in [0.15, 0.2) is 49.6 Å². The highest BCUT2D eigenvalue weighted by Crippen LogP contribution is 2.46. The van der Waals surface area contributed by atoms with Crippen molar-refractivity contribution < 1.29 is 14.1 Å². The van der Waals surface area contributed by atoms with E-state index in [4.69, 9.17) is 10.5 Å². The second-order valence-electron chi connectivity index (χ2n) is 6.72. The zero-order chi connectivity index (χ0) is 19.3. The van der Waals surface area contributed by atoms with Gasteiger partial charge in [0, 0.05) is 18.9 Å². The van der Waals surface area contributed by atoms with Crippen LogP contribution in [0, 0.1) is 13.8 Å². The number of nitrogens with zero attached hydrogens (tertiary/aromatic N) is 2. The highest BCUT2D eigenvalue weighted by atomic mass is 16.5. The molecule has 0 saturated heterocycles. The minimum Gasteiger partial charge on any atom is -0.364 e. The Hall–Kier alpha value is -3.25. The number of amides is 1. The second kappa shape index (κ2) is 5.89. The smallest absolute Gasteiger partial charge is 0.268 e. The van der Waals surface area contributed by atoms with E-state index in [1.807, 2.05) is 29.0 Å². The number of methoxy groups -OCH3 is 1. The zero-order valence-corrected chi connectivity index (χ0v) is 15.5. The molecule has 2 aromatic heterocycles. The van der Waals surface area contributed by atoms with Gasteiger partial charge in [-0.3, -0.25) is 9.78 Å². The first kappa shape index (κ1) is 17.2. The van der Waals surface area contributed by atoms with Gasteiger partial charge in [0.2, 0.25) is 6.33 Å². The summed E-state index contributed by atoms with van der Waals surface area (Å²) in [4.78, 5) is 19.4. The standard InChI is InChI=1S/C21H20N4O2/c1-12-6-5-7-15(13(12)2)21(27-4)16-8-9-24-19(20(22)26)18(16)14(3)25-11-23-10-17(21)25/h5-11H,3H2,1-2,4H3,(H2,22,26)/p+1. The van der Waals surface area contributed by atoms with E-state index < -0.39 is 11.5 Å². The molecule has 0 radical (unpaired) electrons. The van der Waals surface area contributed by atoms with Crippen LogP contribution in [-0.2, 0) is 10.3 Å². The fourth-order valence-corrected chi connectivity index (χ4v) is 4.06. The van der Waals surface area contributed by atoms with Gasteiger partial charge < -0.3 is 10.5 Å². The maximum Gasteiger partial charge on any atom is 0.268 e. The van der Waals surface area contributed by atoms with Crippen molar-refractivity contribution in [2.75, 3.05) is 7.11 Å². The summed E-state index contributed by atoms with van der Waals surface area (Å²) < 4.78 is 8.12. The maximum absolute atomic E-state index is 12.1. The summed E-state index contributed by atoms with van der Waals surface area (Å²) in [6, 6.07) is 7.99. The predicted octanol–water partition coefficient (Wildman–Crippen LogP) is 2.18. The summed E-state index contributed by atoms with van der Waals surface area (Å²) in [6.45, 7) is 8.32. The molecular weight excluding hydrogens is 340 g/mol. The van der Waals surface area contributed by atoms with Crippen LogP contribution in [0.3, 0.4) is 0 Å². The lowest BCUT2D eigenvalue weighted by molar-refractivity contribution is -0.595. The summed E-state index contributed by atoms with van der Waals surface area (Å²) in [6.07, 6.45) is 5.27. The number of nitrogens with one attached hydrogen (secondary N) is 1. The summed E-state index contributed by atoms with van der Waals surface area (Å²) in [7, 11) is 1.67. The van der Waals surface area contributed by atoms with Gasteiger partial charge in [-0.05, 0) is 36.6 Å². The molecule has 0 aliphatic carbocycles. The zero-order valence-electron chi connectivity index (χ0n) is 15.5. The van der Waals surface area contributed by atoms with Crippen LogP contribution < -0.4 is 10.3 Å². The fraction of sp³-hybridized carbons (Fsp3) is 0.190. The Balaban J connectivity index is 2.19. The number of H-pyrrole nitrogens is 1. The van der Waals surface area contributed by atoms with Gasteiger partial charge in [0.05, 0.1) is 5.56 Å². The van der Waals surface area contributed by atoms with Crippen LogP contribution in [0.2, 0.25) is 0 Å². The number of imidazole rings is 1. The number of aryl methyl sites for hydroxylation is 1. The molecule has 4 rings (SSSR count). The summed E-state index contributed by atoms with van der Waals surface area (Å²) >= 11 is 0. The van der Waals surface area contributed by atoms with Gasteiger partial charge in [0.25, 0.3) is 5.91 Å². The number of hydrogen-bond donors (Lipinski definition) is 2. The number of fused-ring (bicyclic) bond motifs is 2. The number of rotatable bonds is 3. The van der Waals surface area contributed by atoms with Crippen LogP contribution in [0.5, 0.6) is 0 Å². The van der Waals surface area contributed by atoms with Gasteiger partial charge in [-0.2, -0.15) is 4.57 Å². The third kappa shape index (κ3) is 2.13. The van der Waals surface area contributed by atoms with Gasteiger partial charge in [-0.25, -0.2) is 4.98 Å². The van der Waals surface area contributed by atoms with Gasteiger partial charge in [-0.1, -0.05) is 24.8 Å². The number of primary amides is 1. The first-order valence-electron chi connectivity index (χ1n) is 8.63. The molecule has 1 amide bonds. The molecule has 0 bridgehead atoms. The van der Waals surface area contributed by atoms with Gasteiger partial charge in [-0.15, -0.1) is 0 Å². The number of pyridine rings is 1. The predicted molar refractivity (Wildman–Crippen MR) is 101 cm³/mol. The van der Waals surface area contributed by atoms with E-state index in [2.05, 4.69) is 36.5 Å². The molecule has 0 fully saturated rings. The van der Waals surface area contributed by atoms with E-state index in [9.17, 15) is 4.79 Å². The normalized spacial score (nSPS) is 18.1. The third-order valence-electron chi connectivity index (χ3n) is 5.48. The van der Waals surface area contributed by atoms with E-state index in [0.717, 1.165) is 27.9 Å². The minimum atomic E-state index is -0.931. The Kier molecular flexibility index (Phi) is 3.75. The van der Waals surface area contributed by atoms with Crippen molar-refractivity contribution >= 4 is 11.6 Å². The Morgan fingerprint density at radius 3 is 2.78 bits per heavy atom. The number of aromatic nitrogens is 3. The Morgan fingerprint density at radius 2 is 2.07 bits per heavy atom. The highest BCUT2D eigenvalue weighted by Gasteiger charge is 2.50. The lowest BCUT2D eigenvalue weighted by Crippen LogP contribution is -2.51. The second-order valence-corrected chi connectivity index (χ2v) is 6.72. The molecule has 27 heavy (non-hydrogen) atoms. The van der Waals surface area contributed by atoms with E-state index in [-0.39, 0.29) is 5.69 Å². The Bertz CT molecular complexity index is 1100. The van der Waals surface area contributed by atoms with E-state index in [0.29, 0.717) is 11.3 Å². The molecule has 1 unspecified atom stereocenters. The monoisotopic (exact) mass is 361 g/mol. The molecule has 1 atom stereocenters. The number of hydrogen-bond acceptors (Lipinski definition) is 3. The first-order valence-corrected chi connectivity index (χ1v) is 8.63. The van der Waals surface area contributed by atoms with E-state index in [1.54, 1.807) is 19.6 Å². The maximum atomic E-state index is 12.1. The third-order valence-corrected chi connectivity index (χ3v) is 5.48. The van der Waals surface area contributed by atoms with Crippen LogP contribution >= 0.6 is 0 Å². The molecule has 136 valence electrons. The van der Waals surface area contributed by atoms with Crippen molar-refractivity contribution in [2.24, 2.45) is 5.73 Å². The van der Waals surface area contributed by atoms with E-state index >= 15 is 0 Å². The Labute approximate surface area is 157 Å². The SMILES string of the molecule is C=C1c2c(ccnc2C(N)=O)C(OC)(c2cccc(C)c2C)c2c[nH]c[n+]21. The molecule has 1 aliphatic rings. The molecule has 6 nitrogen and oxygen atoms in total. The number of carbonyl (C=O) groups is 1. The minimum absolute atomic E-state index is 0.184. The van der Waals surface area contributed by atoms with Crippen molar-refractivity contribution in [1.29, 1.82) is 0 Å². The number of ether oxygens (including phenoxy) is 1. The lowest BCUT2D eigenvalue weighted by atomic mass is 9.75. The van der Waals surface area contributed by atoms with Crippen LogP contribution in [-0.4, -0.2) is 23.0 Å². The van der Waals surface area contributed by atoms with Gasteiger partial charge >= 0.3 is 0 Å². The lowest BCUT2D eigenvalue weighted by Gasteiger charge is -2.37. The average Bonchev–Trinajstić information content (AvgIpc) is 3.15. The van der Waals surface area contributed by atoms with Crippen LogP contribution in [0.25, 0.3) is 5.70 Å². The number of aromatic amines is 1. The summed E-state index contributed by atoms with van der Waals surface area (Å²) in [5.74, 6) is -0.599. The molecule has 6 heteroatoms. The molecule has 1 aliphatic heterocycles. The molecule has 0 spiro atoms. The molecular formula is C21H21N4O2+. The van der Waals surface area contributed by atoms with Crippen LogP contribution in [0.4, 0.5) is 0 Å². The quantitative estimate of drug-likeness (QED) is 0.701. The number of benzene rings is 1. The van der Waals surface area contributed by atoms with Crippen molar-refractivity contribution in [3.05, 3.63) is 88.8 Å². The van der Waals surface area contributed by atoms with Gasteiger partial charge in [0.1, 0.15) is 17.6 Å². The fourth-order valence-electron chi connectivity index (χ4n) is 4.06. The highest BCUT2D eigenvalue weighted by molar-refractivity contribution is 5.96. The Morgan fingerprint density at radius 1 is 1.30 bits per heavy atom. The largest absolute Gasteiger partial charge is 0.364 e. The van der Waals surface area contributed by atoms with Gasteiger partial charge in [0.15, 0.2) is 11.3 Å². The topological polar surface area (TPSA) is 84.9 Å². The molecule has 1 aromatic carbocycles. The number of nitrogens with two attached hydrogens (primary N) is 1. The summed E-state index contributed by atoms with van der Waals surface area (Å²) in [5.41, 5.74) is 11.0. The van der Waals surface area contributed by atoms with E-state index in [1.165, 1.54) is 0 Å². The summed E-state index contributed by atoms with van der Waals surface area (Å²) in [5, 5.41) is 0. The average molecular weight is 361 g/mol. The van der Waals surface area contributed by atoms with Crippen molar-refractivity contribution in [3.8, 4) is 0 Å². The molecule has 3 aromatic rings. The first-order chi connectivity index (χ1) is 12.9.